The van der Waals surface area contributed by atoms with Crippen molar-refractivity contribution in [2.75, 3.05) is 26.7 Å². The number of likely N-dealkylation sites (N-methyl/N-ethyl adjacent to an activating group) is 1. The van der Waals surface area contributed by atoms with Gasteiger partial charge in [-0.1, -0.05) is 25.7 Å². The van der Waals surface area contributed by atoms with E-state index in [1.54, 1.807) is 0 Å². The van der Waals surface area contributed by atoms with Gasteiger partial charge >= 0.3 is 0 Å². The molecule has 118 valence electrons. The summed E-state index contributed by atoms with van der Waals surface area (Å²) < 4.78 is 0. The van der Waals surface area contributed by atoms with Crippen molar-refractivity contribution in [3.63, 3.8) is 0 Å². The van der Waals surface area contributed by atoms with Crippen molar-refractivity contribution < 1.29 is 4.79 Å². The van der Waals surface area contributed by atoms with E-state index in [0.717, 1.165) is 38.0 Å². The van der Waals surface area contributed by atoms with Crippen LogP contribution in [0.25, 0.3) is 0 Å². The highest BCUT2D eigenvalue weighted by Gasteiger charge is 2.23. The molecule has 1 aliphatic rings. The lowest BCUT2D eigenvalue weighted by Gasteiger charge is -2.20. The van der Waals surface area contributed by atoms with Crippen LogP contribution in [-0.2, 0) is 4.79 Å². The molecule has 0 aromatic carbocycles. The Kier molecular flexibility index (Phi) is 7.27. The molecule has 1 amide bonds. The fourth-order valence-corrected chi connectivity index (χ4v) is 2.67. The fourth-order valence-electron chi connectivity index (χ4n) is 2.67. The van der Waals surface area contributed by atoms with Crippen molar-refractivity contribution in [3.8, 4) is 0 Å². The Balaban J connectivity index is 2.48. The van der Waals surface area contributed by atoms with Gasteiger partial charge in [0, 0.05) is 38.8 Å². The molecule has 1 aliphatic heterocycles. The number of rotatable bonds is 7. The van der Waals surface area contributed by atoms with Crippen molar-refractivity contribution >= 4 is 5.91 Å². The van der Waals surface area contributed by atoms with Crippen LogP contribution in [0.5, 0.6) is 0 Å². The molecule has 1 fully saturated rings. The third-order valence-corrected chi connectivity index (χ3v) is 4.12. The molecule has 0 aliphatic carbocycles. The number of allylic oxidation sites excluding steroid dienone is 4. The van der Waals surface area contributed by atoms with Gasteiger partial charge < -0.3 is 9.80 Å². The molecule has 0 radical (unpaired) electrons. The fraction of sp³-hybridized carbons (Fsp3) is 0.611. The summed E-state index contributed by atoms with van der Waals surface area (Å²) in [5.41, 5.74) is 2.27. The van der Waals surface area contributed by atoms with Crippen LogP contribution in [0.1, 0.15) is 40.0 Å². The molecule has 1 atom stereocenters. The molecule has 0 bridgehead atoms. The molecule has 3 heteroatoms. The molecule has 0 spiro atoms. The Morgan fingerprint density at radius 1 is 1.43 bits per heavy atom. The molecular formula is C18H30N2O. The summed E-state index contributed by atoms with van der Waals surface area (Å²) in [7, 11) is 2.08. The van der Waals surface area contributed by atoms with E-state index in [0.29, 0.717) is 12.3 Å². The number of nitrogens with zero attached hydrogens (tertiary/aromatic N) is 2. The number of hydrogen-bond acceptors (Lipinski definition) is 2. The van der Waals surface area contributed by atoms with Gasteiger partial charge in [0.25, 0.3) is 0 Å². The Morgan fingerprint density at radius 2 is 2.14 bits per heavy atom. The second kappa shape index (κ2) is 8.71. The van der Waals surface area contributed by atoms with E-state index in [4.69, 9.17) is 0 Å². The SMILES string of the molecule is C=C(C)/C(=C\C=C/CC1CCN(C(=O)CC)C1)N(C)CC. The maximum Gasteiger partial charge on any atom is 0.222 e. The van der Waals surface area contributed by atoms with Gasteiger partial charge in [0.1, 0.15) is 0 Å². The number of carbonyl (C=O) groups is 1. The summed E-state index contributed by atoms with van der Waals surface area (Å²) >= 11 is 0. The van der Waals surface area contributed by atoms with Crippen LogP contribution in [0.3, 0.4) is 0 Å². The van der Waals surface area contributed by atoms with Crippen LogP contribution in [0.4, 0.5) is 0 Å². The van der Waals surface area contributed by atoms with Gasteiger partial charge in [-0.15, -0.1) is 0 Å². The van der Waals surface area contributed by atoms with Gasteiger partial charge in [0.15, 0.2) is 0 Å². The normalized spacial score (nSPS) is 19.3. The zero-order chi connectivity index (χ0) is 15.8. The summed E-state index contributed by atoms with van der Waals surface area (Å²) in [5, 5.41) is 0. The first-order valence-corrected chi connectivity index (χ1v) is 8.01. The van der Waals surface area contributed by atoms with Crippen molar-refractivity contribution in [3.05, 3.63) is 36.1 Å². The first-order valence-electron chi connectivity index (χ1n) is 8.01. The molecule has 1 rings (SSSR count). The lowest BCUT2D eigenvalue weighted by atomic mass is 10.0. The predicted octanol–water partition coefficient (Wildman–Crippen LogP) is 3.60. The maximum absolute atomic E-state index is 11.6. The van der Waals surface area contributed by atoms with Gasteiger partial charge in [-0.05, 0) is 44.3 Å². The second-order valence-electron chi connectivity index (χ2n) is 5.86. The molecule has 1 saturated heterocycles. The van der Waals surface area contributed by atoms with Gasteiger partial charge in [-0.2, -0.15) is 0 Å². The van der Waals surface area contributed by atoms with Gasteiger partial charge in [-0.25, -0.2) is 0 Å². The number of amides is 1. The van der Waals surface area contributed by atoms with E-state index in [9.17, 15) is 4.79 Å². The minimum absolute atomic E-state index is 0.288. The summed E-state index contributed by atoms with van der Waals surface area (Å²) in [6, 6.07) is 0. The summed E-state index contributed by atoms with van der Waals surface area (Å²) in [6.07, 6.45) is 9.27. The Morgan fingerprint density at radius 3 is 2.71 bits per heavy atom. The van der Waals surface area contributed by atoms with Gasteiger partial charge in [0.05, 0.1) is 0 Å². The Bertz CT molecular complexity index is 423. The molecule has 1 heterocycles. The number of likely N-dealkylation sites (tertiary alicyclic amines) is 1. The minimum Gasteiger partial charge on any atom is -0.375 e. The quantitative estimate of drug-likeness (QED) is 0.669. The first-order chi connectivity index (χ1) is 9.99. The lowest BCUT2D eigenvalue weighted by Crippen LogP contribution is -2.27. The second-order valence-corrected chi connectivity index (χ2v) is 5.86. The monoisotopic (exact) mass is 290 g/mol. The molecule has 21 heavy (non-hydrogen) atoms. The predicted molar refractivity (Wildman–Crippen MR) is 89.9 cm³/mol. The highest BCUT2D eigenvalue weighted by atomic mass is 16.2. The Hall–Kier alpha value is -1.51. The zero-order valence-electron chi connectivity index (χ0n) is 14.1. The topological polar surface area (TPSA) is 23.6 Å². The van der Waals surface area contributed by atoms with Gasteiger partial charge in [-0.3, -0.25) is 4.79 Å². The highest BCUT2D eigenvalue weighted by Crippen LogP contribution is 2.20. The summed E-state index contributed by atoms with van der Waals surface area (Å²) in [6.45, 7) is 13.0. The molecule has 3 nitrogen and oxygen atoms in total. The molecule has 0 saturated carbocycles. The van der Waals surface area contributed by atoms with Crippen LogP contribution in [0.15, 0.2) is 36.1 Å². The maximum atomic E-state index is 11.6. The standard InChI is InChI=1S/C18H30N2O/c1-6-18(21)20-13-12-16(14-20)10-8-9-11-17(15(3)4)19(5)7-2/h8-9,11,16H,3,6-7,10,12-14H2,1-2,4-5H3/b9-8-,17-11+. The van der Waals surface area contributed by atoms with Crippen molar-refractivity contribution in [2.24, 2.45) is 5.92 Å². The van der Waals surface area contributed by atoms with E-state index < -0.39 is 0 Å². The van der Waals surface area contributed by atoms with E-state index in [1.165, 1.54) is 5.70 Å². The van der Waals surface area contributed by atoms with Crippen molar-refractivity contribution in [2.45, 2.75) is 40.0 Å². The average molecular weight is 290 g/mol. The molecule has 0 aromatic heterocycles. The molecular weight excluding hydrogens is 260 g/mol. The molecule has 0 N–H and O–H groups in total. The van der Waals surface area contributed by atoms with E-state index >= 15 is 0 Å². The van der Waals surface area contributed by atoms with E-state index in [1.807, 2.05) is 18.7 Å². The number of carbonyl (C=O) groups excluding carboxylic acids is 1. The molecule has 1 unspecified atom stereocenters. The summed E-state index contributed by atoms with van der Waals surface area (Å²) in [4.78, 5) is 15.8. The van der Waals surface area contributed by atoms with Crippen LogP contribution in [-0.4, -0.2) is 42.4 Å². The largest absolute Gasteiger partial charge is 0.375 e. The van der Waals surface area contributed by atoms with Crippen molar-refractivity contribution in [1.82, 2.24) is 9.80 Å². The van der Waals surface area contributed by atoms with Crippen LogP contribution < -0.4 is 0 Å². The third-order valence-electron chi connectivity index (χ3n) is 4.12. The van der Waals surface area contributed by atoms with Crippen LogP contribution >= 0.6 is 0 Å². The van der Waals surface area contributed by atoms with E-state index in [-0.39, 0.29) is 5.91 Å². The third kappa shape index (κ3) is 5.41. The lowest BCUT2D eigenvalue weighted by molar-refractivity contribution is -0.129. The highest BCUT2D eigenvalue weighted by molar-refractivity contribution is 5.76. The minimum atomic E-state index is 0.288. The molecule has 0 aromatic rings. The van der Waals surface area contributed by atoms with Crippen LogP contribution in [0.2, 0.25) is 0 Å². The summed E-state index contributed by atoms with van der Waals surface area (Å²) in [5.74, 6) is 0.901. The van der Waals surface area contributed by atoms with Crippen molar-refractivity contribution in [1.29, 1.82) is 0 Å². The first kappa shape index (κ1) is 17.5. The zero-order valence-corrected chi connectivity index (χ0v) is 14.1. The van der Waals surface area contributed by atoms with E-state index in [2.05, 4.69) is 43.7 Å². The number of hydrogen-bond donors (Lipinski definition) is 0. The smallest absolute Gasteiger partial charge is 0.222 e. The van der Waals surface area contributed by atoms with Crippen LogP contribution in [0, 0.1) is 5.92 Å². The Labute approximate surface area is 130 Å². The average Bonchev–Trinajstić information content (AvgIpc) is 2.94. The van der Waals surface area contributed by atoms with Gasteiger partial charge in [0.2, 0.25) is 5.91 Å².